The molecular formula is C15H17BrN2O. The SMILES string of the molecule is CC(Br)CCCNC(=O)c1nccc2ccccc12. The molecule has 1 atom stereocenters. The molecule has 1 unspecified atom stereocenters. The number of aromatic nitrogens is 1. The van der Waals surface area contributed by atoms with Crippen molar-refractivity contribution in [3.8, 4) is 0 Å². The summed E-state index contributed by atoms with van der Waals surface area (Å²) in [5.41, 5.74) is 0.505. The number of amides is 1. The summed E-state index contributed by atoms with van der Waals surface area (Å²) >= 11 is 3.49. The van der Waals surface area contributed by atoms with Gasteiger partial charge in [0.05, 0.1) is 0 Å². The number of fused-ring (bicyclic) bond motifs is 1. The average Bonchev–Trinajstić information content (AvgIpc) is 2.42. The Hall–Kier alpha value is -1.42. The van der Waals surface area contributed by atoms with Crippen LogP contribution in [0.5, 0.6) is 0 Å². The van der Waals surface area contributed by atoms with Crippen LogP contribution in [0, 0.1) is 0 Å². The van der Waals surface area contributed by atoms with Crippen LogP contribution in [0.25, 0.3) is 10.8 Å². The summed E-state index contributed by atoms with van der Waals surface area (Å²) in [6.45, 7) is 2.79. The molecule has 0 aliphatic rings. The fraction of sp³-hybridized carbons (Fsp3) is 0.333. The van der Waals surface area contributed by atoms with E-state index in [1.54, 1.807) is 6.20 Å². The topological polar surface area (TPSA) is 42.0 Å². The van der Waals surface area contributed by atoms with Gasteiger partial charge >= 0.3 is 0 Å². The van der Waals surface area contributed by atoms with Gasteiger partial charge in [-0.15, -0.1) is 0 Å². The smallest absolute Gasteiger partial charge is 0.270 e. The van der Waals surface area contributed by atoms with Gasteiger partial charge in [0.2, 0.25) is 0 Å². The summed E-state index contributed by atoms with van der Waals surface area (Å²) in [6.07, 6.45) is 3.68. The monoisotopic (exact) mass is 320 g/mol. The Morgan fingerprint density at radius 1 is 1.37 bits per heavy atom. The highest BCUT2D eigenvalue weighted by molar-refractivity contribution is 9.09. The number of carbonyl (C=O) groups is 1. The maximum Gasteiger partial charge on any atom is 0.270 e. The number of nitrogens with one attached hydrogen (secondary N) is 1. The lowest BCUT2D eigenvalue weighted by molar-refractivity contribution is 0.0950. The van der Waals surface area contributed by atoms with Crippen molar-refractivity contribution in [3.63, 3.8) is 0 Å². The molecule has 3 nitrogen and oxygen atoms in total. The van der Waals surface area contributed by atoms with Crippen molar-refractivity contribution in [2.45, 2.75) is 24.6 Å². The highest BCUT2D eigenvalue weighted by atomic mass is 79.9. The van der Waals surface area contributed by atoms with Crippen molar-refractivity contribution in [1.29, 1.82) is 0 Å². The van der Waals surface area contributed by atoms with Crippen molar-refractivity contribution < 1.29 is 4.79 Å². The van der Waals surface area contributed by atoms with Crippen molar-refractivity contribution in [2.24, 2.45) is 0 Å². The lowest BCUT2D eigenvalue weighted by atomic mass is 10.1. The molecule has 0 radical (unpaired) electrons. The quantitative estimate of drug-likeness (QED) is 0.676. The first-order chi connectivity index (χ1) is 9.18. The molecule has 100 valence electrons. The molecule has 0 fully saturated rings. The third-order valence-electron chi connectivity index (χ3n) is 2.95. The Balaban J connectivity index is 2.05. The van der Waals surface area contributed by atoms with Crippen LogP contribution in [-0.4, -0.2) is 22.3 Å². The molecule has 1 aromatic carbocycles. The van der Waals surface area contributed by atoms with Gasteiger partial charge in [-0.1, -0.05) is 47.1 Å². The molecule has 19 heavy (non-hydrogen) atoms. The summed E-state index contributed by atoms with van der Waals surface area (Å²) in [6, 6.07) is 9.71. The maximum atomic E-state index is 12.1. The van der Waals surface area contributed by atoms with Gasteiger partial charge in [-0.25, -0.2) is 0 Å². The van der Waals surface area contributed by atoms with Crippen molar-refractivity contribution >= 4 is 32.6 Å². The van der Waals surface area contributed by atoms with Crippen LogP contribution >= 0.6 is 15.9 Å². The molecule has 1 N–H and O–H groups in total. The van der Waals surface area contributed by atoms with E-state index in [9.17, 15) is 4.79 Å². The molecule has 1 aromatic heterocycles. The van der Waals surface area contributed by atoms with Crippen LogP contribution in [0.2, 0.25) is 0 Å². The average molecular weight is 321 g/mol. The highest BCUT2D eigenvalue weighted by Gasteiger charge is 2.10. The molecule has 4 heteroatoms. The van der Waals surface area contributed by atoms with Gasteiger partial charge in [0.1, 0.15) is 5.69 Å². The second-order valence-electron chi connectivity index (χ2n) is 4.56. The van der Waals surface area contributed by atoms with Crippen LogP contribution in [0.15, 0.2) is 36.5 Å². The number of pyridine rings is 1. The normalized spacial score (nSPS) is 12.3. The molecule has 0 bridgehead atoms. The highest BCUT2D eigenvalue weighted by Crippen LogP contribution is 2.16. The van der Waals surface area contributed by atoms with E-state index in [0.717, 1.165) is 23.6 Å². The Bertz CT molecular complexity index is 564. The van der Waals surface area contributed by atoms with Crippen LogP contribution in [0.4, 0.5) is 0 Å². The second kappa shape index (κ2) is 6.66. The van der Waals surface area contributed by atoms with Gasteiger partial charge in [0.15, 0.2) is 0 Å². The molecule has 0 spiro atoms. The summed E-state index contributed by atoms with van der Waals surface area (Å²) in [4.78, 5) is 16.8. The van der Waals surface area contributed by atoms with Gasteiger partial charge < -0.3 is 5.32 Å². The third kappa shape index (κ3) is 3.77. The largest absolute Gasteiger partial charge is 0.351 e. The Labute approximate surface area is 121 Å². The molecule has 0 aliphatic carbocycles. The van der Waals surface area contributed by atoms with Gasteiger partial charge in [-0.2, -0.15) is 0 Å². The first-order valence-corrected chi connectivity index (χ1v) is 7.36. The molecule has 0 aliphatic heterocycles. The Morgan fingerprint density at radius 2 is 2.16 bits per heavy atom. The van der Waals surface area contributed by atoms with E-state index in [0.29, 0.717) is 17.1 Å². The van der Waals surface area contributed by atoms with Gasteiger partial charge in [0.25, 0.3) is 5.91 Å². The predicted octanol–water partition coefficient (Wildman–Crippen LogP) is 3.53. The van der Waals surface area contributed by atoms with Crippen LogP contribution in [-0.2, 0) is 0 Å². The fourth-order valence-electron chi connectivity index (χ4n) is 1.97. The lowest BCUT2D eigenvalue weighted by Gasteiger charge is -2.07. The summed E-state index contributed by atoms with van der Waals surface area (Å²) in [5, 5.41) is 4.86. The Kier molecular flexibility index (Phi) is 4.91. The molecular weight excluding hydrogens is 304 g/mol. The number of hydrogen-bond donors (Lipinski definition) is 1. The second-order valence-corrected chi connectivity index (χ2v) is 6.12. The molecule has 0 saturated heterocycles. The van der Waals surface area contributed by atoms with Crippen LogP contribution < -0.4 is 5.32 Å². The number of benzene rings is 1. The third-order valence-corrected chi connectivity index (χ3v) is 3.41. The number of nitrogens with zero attached hydrogens (tertiary/aromatic N) is 1. The van der Waals surface area contributed by atoms with Gasteiger partial charge in [-0.05, 0) is 24.3 Å². The number of carbonyl (C=O) groups excluding carboxylic acids is 1. The van der Waals surface area contributed by atoms with E-state index in [1.807, 2.05) is 30.3 Å². The summed E-state index contributed by atoms with van der Waals surface area (Å²) < 4.78 is 0. The number of halogens is 1. The van der Waals surface area contributed by atoms with E-state index in [2.05, 4.69) is 33.2 Å². The van der Waals surface area contributed by atoms with Gasteiger partial charge in [-0.3, -0.25) is 9.78 Å². The zero-order valence-corrected chi connectivity index (χ0v) is 12.5. The minimum absolute atomic E-state index is 0.0981. The summed E-state index contributed by atoms with van der Waals surface area (Å²) in [7, 11) is 0. The Morgan fingerprint density at radius 3 is 2.95 bits per heavy atom. The zero-order chi connectivity index (χ0) is 13.7. The van der Waals surface area contributed by atoms with Gasteiger partial charge in [0, 0.05) is 23.0 Å². The molecule has 1 heterocycles. The van der Waals surface area contributed by atoms with E-state index < -0.39 is 0 Å². The maximum absolute atomic E-state index is 12.1. The minimum atomic E-state index is -0.0981. The number of rotatable bonds is 5. The molecule has 2 rings (SSSR count). The van der Waals surface area contributed by atoms with Crippen LogP contribution in [0.1, 0.15) is 30.3 Å². The number of alkyl halides is 1. The zero-order valence-electron chi connectivity index (χ0n) is 10.9. The first-order valence-electron chi connectivity index (χ1n) is 6.44. The van der Waals surface area contributed by atoms with E-state index in [4.69, 9.17) is 0 Å². The van der Waals surface area contributed by atoms with Crippen molar-refractivity contribution in [1.82, 2.24) is 10.3 Å². The first kappa shape index (κ1) is 14.0. The standard InChI is InChI=1S/C15H17BrN2O/c1-11(16)5-4-9-18-15(19)14-13-7-3-2-6-12(13)8-10-17-14/h2-3,6-8,10-11H,4-5,9H2,1H3,(H,18,19). The minimum Gasteiger partial charge on any atom is -0.351 e. The number of hydrogen-bond acceptors (Lipinski definition) is 2. The molecule has 0 saturated carbocycles. The predicted molar refractivity (Wildman–Crippen MR) is 81.7 cm³/mol. The van der Waals surface area contributed by atoms with E-state index >= 15 is 0 Å². The van der Waals surface area contributed by atoms with E-state index in [-0.39, 0.29) is 5.91 Å². The fourth-order valence-corrected chi connectivity index (χ4v) is 2.29. The van der Waals surface area contributed by atoms with E-state index in [1.165, 1.54) is 0 Å². The van der Waals surface area contributed by atoms with Crippen molar-refractivity contribution in [3.05, 3.63) is 42.2 Å². The van der Waals surface area contributed by atoms with Crippen molar-refractivity contribution in [2.75, 3.05) is 6.54 Å². The molecule has 1 amide bonds. The summed E-state index contributed by atoms with van der Waals surface area (Å²) in [5.74, 6) is -0.0981. The lowest BCUT2D eigenvalue weighted by Crippen LogP contribution is -2.25. The van der Waals surface area contributed by atoms with Crippen LogP contribution in [0.3, 0.4) is 0 Å². The molecule has 2 aromatic rings.